The van der Waals surface area contributed by atoms with Crippen LogP contribution in [-0.2, 0) is 20.0 Å². The minimum Gasteiger partial charge on any atom is -0.324 e. The van der Waals surface area contributed by atoms with E-state index < -0.39 is 15.3 Å². The maximum atomic E-state index is 13.4. The summed E-state index contributed by atoms with van der Waals surface area (Å²) in [5, 5.41) is 2.72. The number of hydrogen-bond acceptors (Lipinski definition) is 7. The Hall–Kier alpha value is -3.46. The van der Waals surface area contributed by atoms with Gasteiger partial charge in [-0.15, -0.1) is 0 Å². The largest absolute Gasteiger partial charge is 0.324 e. The normalized spacial score (nSPS) is 11.8. The van der Waals surface area contributed by atoms with Crippen LogP contribution in [0.4, 0.5) is 5.69 Å². The summed E-state index contributed by atoms with van der Waals surface area (Å²) in [5.41, 5.74) is 1.36. The molecule has 3 rings (SSSR count). The number of sulfone groups is 1. The lowest BCUT2D eigenvalue weighted by Crippen LogP contribution is -2.32. The van der Waals surface area contributed by atoms with Crippen molar-refractivity contribution < 1.29 is 18.0 Å². The Kier molecular flexibility index (Phi) is 6.73. The van der Waals surface area contributed by atoms with Crippen molar-refractivity contribution >= 4 is 27.2 Å². The molecule has 3 aromatic rings. The van der Waals surface area contributed by atoms with Crippen LogP contribution in [0.1, 0.15) is 49.6 Å². The summed E-state index contributed by atoms with van der Waals surface area (Å²) >= 11 is 0. The van der Waals surface area contributed by atoms with Crippen molar-refractivity contribution in [3.63, 3.8) is 0 Å². The zero-order valence-electron chi connectivity index (χ0n) is 19.2. The van der Waals surface area contributed by atoms with E-state index in [1.54, 1.807) is 57.4 Å². The number of nitrogens with zero attached hydrogens (tertiary/aromatic N) is 3. The molecule has 2 aromatic heterocycles. The fraction of sp³-hybridized carbons (Fsp3) is 0.292. The molecule has 0 bridgehead atoms. The second-order valence-corrected chi connectivity index (χ2v) is 10.5. The Morgan fingerprint density at radius 3 is 2.15 bits per heavy atom. The quantitative estimate of drug-likeness (QED) is 0.527. The average molecular weight is 467 g/mol. The van der Waals surface area contributed by atoms with Crippen LogP contribution < -0.4 is 5.32 Å². The lowest BCUT2D eigenvalue weighted by atomic mass is 9.85. The molecule has 0 radical (unpaired) electrons. The fourth-order valence-corrected chi connectivity index (χ4v) is 4.10. The van der Waals surface area contributed by atoms with Gasteiger partial charge in [0.15, 0.2) is 15.6 Å². The number of benzene rings is 1. The van der Waals surface area contributed by atoms with Crippen molar-refractivity contribution in [3.8, 4) is 11.3 Å². The van der Waals surface area contributed by atoms with Crippen molar-refractivity contribution in [2.75, 3.05) is 11.1 Å². The van der Waals surface area contributed by atoms with Gasteiger partial charge in [0.2, 0.25) is 5.91 Å². The van der Waals surface area contributed by atoms with E-state index in [2.05, 4.69) is 20.3 Å². The number of pyridine rings is 1. The molecule has 172 valence electrons. The van der Waals surface area contributed by atoms with Gasteiger partial charge >= 0.3 is 0 Å². The van der Waals surface area contributed by atoms with E-state index in [1.807, 2.05) is 6.92 Å². The number of amides is 1. The lowest BCUT2D eigenvalue weighted by molar-refractivity contribution is -0.114. The molecule has 0 spiro atoms. The van der Waals surface area contributed by atoms with Gasteiger partial charge in [-0.1, -0.05) is 19.1 Å². The first-order valence-corrected chi connectivity index (χ1v) is 12.1. The van der Waals surface area contributed by atoms with Crippen LogP contribution in [0.5, 0.6) is 0 Å². The van der Waals surface area contributed by atoms with Crippen LogP contribution in [-0.4, -0.2) is 40.8 Å². The molecular weight excluding hydrogens is 440 g/mol. The van der Waals surface area contributed by atoms with E-state index in [9.17, 15) is 18.0 Å². The Morgan fingerprint density at radius 1 is 1.00 bits per heavy atom. The average Bonchev–Trinajstić information content (AvgIpc) is 2.79. The van der Waals surface area contributed by atoms with Gasteiger partial charge in [0.1, 0.15) is 11.5 Å². The van der Waals surface area contributed by atoms with Crippen LogP contribution in [0.2, 0.25) is 0 Å². The predicted molar refractivity (Wildman–Crippen MR) is 126 cm³/mol. The third-order valence-corrected chi connectivity index (χ3v) is 6.96. The molecule has 2 heterocycles. The summed E-state index contributed by atoms with van der Waals surface area (Å²) < 4.78 is 24.3. The zero-order valence-corrected chi connectivity index (χ0v) is 20.0. The predicted octanol–water partition coefficient (Wildman–Crippen LogP) is 3.76. The van der Waals surface area contributed by atoms with Crippen molar-refractivity contribution in [3.05, 3.63) is 65.9 Å². The van der Waals surface area contributed by atoms with Gasteiger partial charge in [0.25, 0.3) is 0 Å². The van der Waals surface area contributed by atoms with E-state index in [1.165, 1.54) is 19.1 Å². The monoisotopic (exact) mass is 466 g/mol. The van der Waals surface area contributed by atoms with Gasteiger partial charge in [0.05, 0.1) is 27.4 Å². The molecule has 8 nitrogen and oxygen atoms in total. The third kappa shape index (κ3) is 5.14. The SMILES string of the molecule is CCS(=O)(=O)c1ccc(-c2nc(C(=O)C(C)(C)c3ncc(C)cn3)ccc2NC(C)=O)cc1. The number of carbonyl (C=O) groups is 2. The van der Waals surface area contributed by atoms with Gasteiger partial charge in [0, 0.05) is 24.9 Å². The van der Waals surface area contributed by atoms with Gasteiger partial charge in [-0.3, -0.25) is 9.59 Å². The molecule has 0 aliphatic carbocycles. The molecule has 33 heavy (non-hydrogen) atoms. The zero-order chi connectivity index (χ0) is 24.4. The third-order valence-electron chi connectivity index (χ3n) is 5.21. The van der Waals surface area contributed by atoms with E-state index in [4.69, 9.17) is 0 Å². The van der Waals surface area contributed by atoms with Crippen molar-refractivity contribution in [1.29, 1.82) is 0 Å². The molecule has 1 aromatic carbocycles. The van der Waals surface area contributed by atoms with E-state index >= 15 is 0 Å². The molecule has 9 heteroatoms. The number of aromatic nitrogens is 3. The van der Waals surface area contributed by atoms with E-state index in [0.717, 1.165) is 5.56 Å². The topological polar surface area (TPSA) is 119 Å². The molecule has 0 unspecified atom stereocenters. The molecule has 0 aliphatic heterocycles. The van der Waals surface area contributed by atoms with Gasteiger partial charge in [-0.05, 0) is 50.6 Å². The Bertz CT molecular complexity index is 1300. The first-order valence-electron chi connectivity index (χ1n) is 10.4. The highest BCUT2D eigenvalue weighted by Crippen LogP contribution is 2.30. The fourth-order valence-electron chi connectivity index (χ4n) is 3.22. The number of hydrogen-bond donors (Lipinski definition) is 1. The van der Waals surface area contributed by atoms with Crippen LogP contribution in [0.3, 0.4) is 0 Å². The molecule has 0 fully saturated rings. The summed E-state index contributed by atoms with van der Waals surface area (Å²) in [5.74, 6) is -0.216. The highest BCUT2D eigenvalue weighted by molar-refractivity contribution is 7.91. The smallest absolute Gasteiger partial charge is 0.221 e. The minimum atomic E-state index is -3.36. The molecular formula is C24H26N4O4S. The van der Waals surface area contributed by atoms with Crippen LogP contribution in [0.25, 0.3) is 11.3 Å². The van der Waals surface area contributed by atoms with Crippen molar-refractivity contribution in [2.45, 2.75) is 44.9 Å². The van der Waals surface area contributed by atoms with E-state index in [-0.39, 0.29) is 28.0 Å². The number of aryl methyl sites for hydroxylation is 1. The first-order chi connectivity index (χ1) is 15.5. The second kappa shape index (κ2) is 9.19. The number of ketones is 1. The molecule has 0 atom stereocenters. The maximum Gasteiger partial charge on any atom is 0.221 e. The molecule has 0 aliphatic rings. The number of carbonyl (C=O) groups excluding carboxylic acids is 2. The summed E-state index contributed by atoms with van der Waals surface area (Å²) in [6.07, 6.45) is 3.31. The Labute approximate surface area is 193 Å². The number of nitrogens with one attached hydrogen (secondary N) is 1. The van der Waals surface area contributed by atoms with Gasteiger partial charge < -0.3 is 5.32 Å². The second-order valence-electron chi connectivity index (χ2n) is 8.24. The van der Waals surface area contributed by atoms with E-state index in [0.29, 0.717) is 22.8 Å². The van der Waals surface area contributed by atoms with Crippen LogP contribution in [0.15, 0.2) is 53.7 Å². The maximum absolute atomic E-state index is 13.4. The summed E-state index contributed by atoms with van der Waals surface area (Å²) in [4.78, 5) is 38.4. The Balaban J connectivity index is 2.07. The van der Waals surface area contributed by atoms with Crippen molar-refractivity contribution in [2.24, 2.45) is 0 Å². The number of rotatable bonds is 7. The van der Waals surface area contributed by atoms with Crippen LogP contribution >= 0.6 is 0 Å². The van der Waals surface area contributed by atoms with Crippen molar-refractivity contribution in [1.82, 2.24) is 15.0 Å². The molecule has 1 N–H and O–H groups in total. The number of Topliss-reactive ketones (excluding diaryl/α,β-unsaturated/α-hetero) is 1. The summed E-state index contributed by atoms with van der Waals surface area (Å²) in [7, 11) is -3.36. The lowest BCUT2D eigenvalue weighted by Gasteiger charge is -2.21. The standard InChI is InChI=1S/C24H26N4O4S/c1-6-33(31,32)18-9-7-17(8-10-18)21-19(27-16(3)29)11-12-20(28-21)22(30)24(4,5)23-25-13-15(2)14-26-23/h7-14H,6H2,1-5H3,(H,27,29). The molecule has 0 saturated heterocycles. The minimum absolute atomic E-state index is 0.0120. The summed E-state index contributed by atoms with van der Waals surface area (Å²) in [6, 6.07) is 9.36. The van der Waals surface area contributed by atoms with Gasteiger partial charge in [-0.25, -0.2) is 23.4 Å². The Morgan fingerprint density at radius 2 is 1.61 bits per heavy atom. The first kappa shape index (κ1) is 24.2. The molecule has 1 amide bonds. The molecule has 0 saturated carbocycles. The highest BCUT2D eigenvalue weighted by atomic mass is 32.2. The van der Waals surface area contributed by atoms with Gasteiger partial charge in [-0.2, -0.15) is 0 Å². The summed E-state index contributed by atoms with van der Waals surface area (Å²) in [6.45, 7) is 8.27. The number of anilines is 1. The highest BCUT2D eigenvalue weighted by Gasteiger charge is 2.35. The van der Waals surface area contributed by atoms with Crippen LogP contribution in [0, 0.1) is 6.92 Å².